The monoisotopic (exact) mass is 208 g/mol. The molecule has 2 rings (SSSR count). The second-order valence-corrected chi connectivity index (χ2v) is 5.07. The summed E-state index contributed by atoms with van der Waals surface area (Å²) in [5.74, 6) is 5.73. The Hall–Kier alpha value is -0.630. The quantitative estimate of drug-likeness (QED) is 0.689. The summed E-state index contributed by atoms with van der Waals surface area (Å²) in [4.78, 5) is 2.36. The number of hydrazine groups is 1. The first-order chi connectivity index (χ1) is 7.15. The van der Waals surface area contributed by atoms with Crippen LogP contribution in [-0.4, -0.2) is 42.6 Å². The Morgan fingerprint density at radius 1 is 1.47 bits per heavy atom. The molecule has 0 aromatic heterocycles. The van der Waals surface area contributed by atoms with E-state index >= 15 is 0 Å². The summed E-state index contributed by atoms with van der Waals surface area (Å²) >= 11 is 0. The van der Waals surface area contributed by atoms with Crippen molar-refractivity contribution in [3.8, 4) is 6.07 Å². The number of hydrogen-bond acceptors (Lipinski definition) is 4. The molecule has 2 aliphatic rings. The van der Waals surface area contributed by atoms with E-state index in [2.05, 4.69) is 18.0 Å². The molecule has 2 fully saturated rings. The average Bonchev–Trinajstić information content (AvgIpc) is 2.99. The molecule has 0 bridgehead atoms. The topological polar surface area (TPSA) is 56.3 Å². The minimum Gasteiger partial charge on any atom is -0.302 e. The first-order valence-corrected chi connectivity index (χ1v) is 5.76. The Labute approximate surface area is 91.6 Å². The molecule has 1 aliphatic heterocycles. The Balaban J connectivity index is 1.81. The van der Waals surface area contributed by atoms with Crippen molar-refractivity contribution < 1.29 is 0 Å². The molecule has 0 amide bonds. The summed E-state index contributed by atoms with van der Waals surface area (Å²) in [5, 5.41) is 10.9. The fourth-order valence-electron chi connectivity index (χ4n) is 2.39. The van der Waals surface area contributed by atoms with E-state index in [0.717, 1.165) is 45.3 Å². The van der Waals surface area contributed by atoms with Gasteiger partial charge in [0.1, 0.15) is 0 Å². The molecule has 0 radical (unpaired) electrons. The van der Waals surface area contributed by atoms with Crippen LogP contribution < -0.4 is 5.84 Å². The molecule has 0 atom stereocenters. The number of rotatable bonds is 3. The van der Waals surface area contributed by atoms with Crippen LogP contribution in [0.2, 0.25) is 0 Å². The summed E-state index contributed by atoms with van der Waals surface area (Å²) in [6, 6.07) is 3.08. The second kappa shape index (κ2) is 4.09. The Kier molecular flexibility index (Phi) is 2.96. The van der Waals surface area contributed by atoms with Crippen LogP contribution in [0.15, 0.2) is 0 Å². The van der Waals surface area contributed by atoms with E-state index in [0.29, 0.717) is 6.04 Å². The van der Waals surface area contributed by atoms with Gasteiger partial charge in [-0.25, -0.2) is 5.01 Å². The van der Waals surface area contributed by atoms with Crippen LogP contribution in [0.1, 0.15) is 25.7 Å². The van der Waals surface area contributed by atoms with Gasteiger partial charge in [-0.1, -0.05) is 0 Å². The van der Waals surface area contributed by atoms with E-state index in [1.807, 2.05) is 5.01 Å². The predicted molar refractivity (Wildman–Crippen MR) is 58.7 cm³/mol. The van der Waals surface area contributed by atoms with Crippen LogP contribution in [0.3, 0.4) is 0 Å². The van der Waals surface area contributed by atoms with Crippen molar-refractivity contribution >= 4 is 0 Å². The molecule has 1 heterocycles. The third kappa shape index (κ3) is 2.49. The number of piperidine rings is 1. The molecule has 1 saturated carbocycles. The SMILES string of the molecule is CN(CC1(C#N)CC1)C1CCN(N)CC1. The van der Waals surface area contributed by atoms with Crippen molar-refractivity contribution in [3.63, 3.8) is 0 Å². The first-order valence-electron chi connectivity index (χ1n) is 5.76. The molecule has 0 unspecified atom stereocenters. The fourth-order valence-corrected chi connectivity index (χ4v) is 2.39. The lowest BCUT2D eigenvalue weighted by molar-refractivity contribution is 0.119. The molecule has 84 valence electrons. The van der Waals surface area contributed by atoms with Gasteiger partial charge in [-0.15, -0.1) is 0 Å². The van der Waals surface area contributed by atoms with E-state index < -0.39 is 0 Å². The second-order valence-electron chi connectivity index (χ2n) is 5.07. The maximum absolute atomic E-state index is 9.04. The summed E-state index contributed by atoms with van der Waals surface area (Å²) in [7, 11) is 2.15. The number of nitrogens with two attached hydrogens (primary N) is 1. The summed E-state index contributed by atoms with van der Waals surface area (Å²) in [6.07, 6.45) is 4.44. The zero-order valence-electron chi connectivity index (χ0n) is 9.45. The third-order valence-electron chi connectivity index (χ3n) is 3.77. The fraction of sp³-hybridized carbons (Fsp3) is 0.909. The van der Waals surface area contributed by atoms with Crippen molar-refractivity contribution in [2.24, 2.45) is 11.3 Å². The van der Waals surface area contributed by atoms with Crippen molar-refractivity contribution in [2.75, 3.05) is 26.7 Å². The number of nitriles is 1. The lowest BCUT2D eigenvalue weighted by Gasteiger charge is -2.35. The number of nitrogens with zero attached hydrogens (tertiary/aromatic N) is 3. The van der Waals surface area contributed by atoms with Crippen LogP contribution in [-0.2, 0) is 0 Å². The minimum atomic E-state index is -0.00536. The van der Waals surface area contributed by atoms with Gasteiger partial charge in [-0.3, -0.25) is 5.84 Å². The van der Waals surface area contributed by atoms with Crippen molar-refractivity contribution in [3.05, 3.63) is 0 Å². The molecular formula is C11H20N4. The molecular weight excluding hydrogens is 188 g/mol. The van der Waals surface area contributed by atoms with Gasteiger partial charge >= 0.3 is 0 Å². The van der Waals surface area contributed by atoms with Gasteiger partial charge in [0.15, 0.2) is 0 Å². The van der Waals surface area contributed by atoms with Crippen LogP contribution in [0.4, 0.5) is 0 Å². The maximum atomic E-state index is 9.04. The van der Waals surface area contributed by atoms with E-state index in [-0.39, 0.29) is 5.41 Å². The summed E-state index contributed by atoms with van der Waals surface area (Å²) in [5.41, 5.74) is -0.00536. The van der Waals surface area contributed by atoms with Gasteiger partial charge in [0, 0.05) is 25.7 Å². The van der Waals surface area contributed by atoms with Crippen LogP contribution in [0.25, 0.3) is 0 Å². The van der Waals surface area contributed by atoms with E-state index in [1.165, 1.54) is 0 Å². The predicted octanol–water partition coefficient (Wildman–Crippen LogP) is 0.560. The van der Waals surface area contributed by atoms with Gasteiger partial charge in [-0.05, 0) is 32.7 Å². The number of hydrogen-bond donors (Lipinski definition) is 1. The van der Waals surface area contributed by atoms with E-state index in [9.17, 15) is 0 Å². The molecule has 0 aromatic rings. The zero-order valence-corrected chi connectivity index (χ0v) is 9.45. The zero-order chi connectivity index (χ0) is 10.9. The summed E-state index contributed by atoms with van der Waals surface area (Å²) in [6.45, 7) is 2.90. The normalized spacial score (nSPS) is 26.5. The maximum Gasteiger partial charge on any atom is 0.0703 e. The van der Waals surface area contributed by atoms with E-state index in [1.54, 1.807) is 0 Å². The highest BCUT2D eigenvalue weighted by Gasteiger charge is 2.44. The molecule has 4 heteroatoms. The highest BCUT2D eigenvalue weighted by molar-refractivity contribution is 5.11. The third-order valence-corrected chi connectivity index (χ3v) is 3.77. The molecule has 1 saturated heterocycles. The van der Waals surface area contributed by atoms with Crippen molar-refractivity contribution in [1.82, 2.24) is 9.91 Å². The Morgan fingerprint density at radius 2 is 2.07 bits per heavy atom. The summed E-state index contributed by atoms with van der Waals surface area (Å²) < 4.78 is 0. The average molecular weight is 208 g/mol. The molecule has 0 aromatic carbocycles. The smallest absolute Gasteiger partial charge is 0.0703 e. The lowest BCUT2D eigenvalue weighted by Crippen LogP contribution is -2.47. The molecule has 2 N–H and O–H groups in total. The van der Waals surface area contributed by atoms with Crippen LogP contribution in [0.5, 0.6) is 0 Å². The van der Waals surface area contributed by atoms with Gasteiger partial charge < -0.3 is 4.90 Å². The van der Waals surface area contributed by atoms with Gasteiger partial charge in [0.2, 0.25) is 0 Å². The standard InChI is InChI=1S/C11H20N4/c1-14(9-11(8-12)4-5-11)10-2-6-15(13)7-3-10/h10H,2-7,9,13H2,1H3. The van der Waals surface area contributed by atoms with Crippen LogP contribution >= 0.6 is 0 Å². The molecule has 4 nitrogen and oxygen atoms in total. The Bertz CT molecular complexity index is 258. The highest BCUT2D eigenvalue weighted by Crippen LogP contribution is 2.45. The highest BCUT2D eigenvalue weighted by atomic mass is 15.4. The van der Waals surface area contributed by atoms with Crippen LogP contribution in [0, 0.1) is 16.7 Å². The minimum absolute atomic E-state index is 0.00536. The Morgan fingerprint density at radius 3 is 2.53 bits per heavy atom. The van der Waals surface area contributed by atoms with E-state index in [4.69, 9.17) is 11.1 Å². The molecule has 0 spiro atoms. The largest absolute Gasteiger partial charge is 0.302 e. The van der Waals surface area contributed by atoms with Crippen molar-refractivity contribution in [1.29, 1.82) is 5.26 Å². The van der Waals surface area contributed by atoms with Crippen molar-refractivity contribution in [2.45, 2.75) is 31.7 Å². The van der Waals surface area contributed by atoms with Gasteiger partial charge in [-0.2, -0.15) is 5.26 Å². The van der Waals surface area contributed by atoms with Gasteiger partial charge in [0.25, 0.3) is 0 Å². The lowest BCUT2D eigenvalue weighted by atomic mass is 10.0. The van der Waals surface area contributed by atoms with Gasteiger partial charge in [0.05, 0.1) is 11.5 Å². The first kappa shape index (κ1) is 10.9. The molecule has 1 aliphatic carbocycles. The molecule has 15 heavy (non-hydrogen) atoms.